The van der Waals surface area contributed by atoms with Gasteiger partial charge in [0.05, 0.1) is 12.9 Å². The maximum atomic E-state index is 12.6. The summed E-state index contributed by atoms with van der Waals surface area (Å²) >= 11 is 0. The molecule has 1 saturated heterocycles. The molecule has 5 rings (SSSR count). The van der Waals surface area contributed by atoms with Gasteiger partial charge in [-0.3, -0.25) is 4.79 Å². The van der Waals surface area contributed by atoms with E-state index in [2.05, 4.69) is 32.9 Å². The van der Waals surface area contributed by atoms with Crippen LogP contribution < -0.4 is 0 Å². The first-order valence-corrected chi connectivity index (χ1v) is 10.4. The summed E-state index contributed by atoms with van der Waals surface area (Å²) < 4.78 is 11.8. The molecule has 3 nitrogen and oxygen atoms in total. The molecule has 0 spiro atoms. The van der Waals surface area contributed by atoms with Crippen LogP contribution in [0.3, 0.4) is 0 Å². The smallest absolute Gasteiger partial charge is 0.165 e. The fraction of sp³-hybridized carbons (Fsp3) is 0.783. The van der Waals surface area contributed by atoms with E-state index < -0.39 is 5.60 Å². The molecule has 0 radical (unpaired) electrons. The van der Waals surface area contributed by atoms with Crippen molar-refractivity contribution in [3.05, 3.63) is 23.5 Å². The number of methoxy groups -OCH3 is 1. The maximum absolute atomic E-state index is 12.6. The minimum atomic E-state index is -0.504. The zero-order valence-electron chi connectivity index (χ0n) is 16.9. The second-order valence-electron chi connectivity index (χ2n) is 10.2. The molecule has 142 valence electrons. The van der Waals surface area contributed by atoms with E-state index >= 15 is 0 Å². The summed E-state index contributed by atoms with van der Waals surface area (Å²) in [4.78, 5) is 12.6. The van der Waals surface area contributed by atoms with Crippen LogP contribution >= 0.6 is 0 Å². The van der Waals surface area contributed by atoms with Crippen molar-refractivity contribution >= 4 is 5.78 Å². The molecule has 0 amide bonds. The van der Waals surface area contributed by atoms with Crippen molar-refractivity contribution in [2.45, 2.75) is 77.4 Å². The largest absolute Gasteiger partial charge is 0.501 e. The number of carbonyl (C=O) groups is 1. The highest BCUT2D eigenvalue weighted by molar-refractivity contribution is 5.91. The Morgan fingerprint density at radius 1 is 1.23 bits per heavy atom. The summed E-state index contributed by atoms with van der Waals surface area (Å²) in [5, 5.41) is 0. The topological polar surface area (TPSA) is 38.8 Å². The van der Waals surface area contributed by atoms with Gasteiger partial charge in [-0.15, -0.1) is 0 Å². The Balaban J connectivity index is 1.54. The number of Topliss-reactive ketones (excluding diaryl/α,β-unsaturated/α-hetero) is 1. The highest BCUT2D eigenvalue weighted by atomic mass is 16.6. The van der Waals surface area contributed by atoms with E-state index in [1.165, 1.54) is 18.4 Å². The first-order chi connectivity index (χ1) is 12.2. The van der Waals surface area contributed by atoms with E-state index in [0.717, 1.165) is 37.4 Å². The van der Waals surface area contributed by atoms with Gasteiger partial charge < -0.3 is 9.47 Å². The molecule has 4 aliphatic carbocycles. The summed E-state index contributed by atoms with van der Waals surface area (Å²) in [6.45, 7) is 8.78. The number of rotatable bonds is 2. The third-order valence-corrected chi connectivity index (χ3v) is 9.37. The van der Waals surface area contributed by atoms with E-state index in [1.807, 2.05) is 0 Å². The number of ether oxygens (including phenoxy) is 2. The van der Waals surface area contributed by atoms with E-state index in [1.54, 1.807) is 14.0 Å². The van der Waals surface area contributed by atoms with Crippen molar-refractivity contribution in [3.8, 4) is 0 Å². The highest BCUT2D eigenvalue weighted by Crippen LogP contribution is 2.77. The zero-order valence-corrected chi connectivity index (χ0v) is 16.9. The molecular weight excluding hydrogens is 324 g/mol. The van der Waals surface area contributed by atoms with Gasteiger partial charge in [0.1, 0.15) is 5.60 Å². The van der Waals surface area contributed by atoms with Crippen LogP contribution in [0.5, 0.6) is 0 Å². The Morgan fingerprint density at radius 2 is 2.00 bits per heavy atom. The molecule has 0 aromatic heterocycles. The number of allylic oxidation sites excluding steroid dienone is 4. The molecule has 0 unspecified atom stereocenters. The van der Waals surface area contributed by atoms with Crippen molar-refractivity contribution in [3.63, 3.8) is 0 Å². The van der Waals surface area contributed by atoms with Gasteiger partial charge in [0, 0.05) is 11.8 Å². The van der Waals surface area contributed by atoms with Gasteiger partial charge in [0.15, 0.2) is 11.4 Å². The Morgan fingerprint density at radius 3 is 2.69 bits per heavy atom. The first kappa shape index (κ1) is 17.0. The average molecular weight is 357 g/mol. The van der Waals surface area contributed by atoms with Crippen molar-refractivity contribution < 1.29 is 14.3 Å². The molecule has 2 saturated carbocycles. The molecule has 0 bridgehead atoms. The summed E-state index contributed by atoms with van der Waals surface area (Å²) in [6.07, 6.45) is 11.6. The van der Waals surface area contributed by atoms with Gasteiger partial charge in [-0.1, -0.05) is 19.9 Å². The molecule has 3 fully saturated rings. The number of fused-ring (bicyclic) bond motifs is 7. The summed E-state index contributed by atoms with van der Waals surface area (Å²) in [6, 6.07) is 0. The Kier molecular flexibility index (Phi) is 3.17. The quantitative estimate of drug-likeness (QED) is 0.666. The lowest BCUT2D eigenvalue weighted by molar-refractivity contribution is -0.135. The number of carbonyl (C=O) groups excluding carboxylic acids is 1. The summed E-state index contributed by atoms with van der Waals surface area (Å²) in [7, 11) is 1.79. The van der Waals surface area contributed by atoms with Crippen molar-refractivity contribution in [1.29, 1.82) is 0 Å². The normalized spacial score (nSPS) is 54.1. The third kappa shape index (κ3) is 1.68. The lowest BCUT2D eigenvalue weighted by atomic mass is 9.47. The third-order valence-electron chi connectivity index (χ3n) is 9.37. The maximum Gasteiger partial charge on any atom is 0.165 e. The second kappa shape index (κ2) is 4.84. The molecule has 0 N–H and O–H groups in total. The fourth-order valence-electron chi connectivity index (χ4n) is 8.08. The molecule has 3 heteroatoms. The zero-order chi connectivity index (χ0) is 18.5. The molecule has 26 heavy (non-hydrogen) atoms. The van der Waals surface area contributed by atoms with E-state index in [-0.39, 0.29) is 22.2 Å². The van der Waals surface area contributed by atoms with Crippen LogP contribution in [-0.4, -0.2) is 24.1 Å². The van der Waals surface area contributed by atoms with Crippen LogP contribution in [0.2, 0.25) is 0 Å². The molecule has 7 atom stereocenters. The standard InChI is InChI=1S/C23H32O3/c1-14(24)23-21(3)11-9-18-17(19(21)13-22(23,4)26-23)7-6-15-12-16(25-5)8-10-20(15,18)2/h6,12,17-19H,7-11,13H2,1-5H3/t17-,18+,19+,20+,21-,22-,23+/m1/s1. The number of hydrogen-bond donors (Lipinski definition) is 0. The molecule has 1 aliphatic heterocycles. The van der Waals surface area contributed by atoms with Crippen molar-refractivity contribution in [2.75, 3.05) is 7.11 Å². The number of epoxide rings is 1. The molecule has 0 aromatic carbocycles. The lowest BCUT2D eigenvalue weighted by Crippen LogP contribution is -2.53. The molecule has 0 aromatic rings. The van der Waals surface area contributed by atoms with Crippen LogP contribution in [0.4, 0.5) is 0 Å². The van der Waals surface area contributed by atoms with Gasteiger partial charge >= 0.3 is 0 Å². The van der Waals surface area contributed by atoms with Crippen LogP contribution in [0.25, 0.3) is 0 Å². The van der Waals surface area contributed by atoms with Crippen molar-refractivity contribution in [1.82, 2.24) is 0 Å². The molecule has 1 heterocycles. The predicted octanol–water partition coefficient (Wildman–Crippen LogP) is 4.82. The van der Waals surface area contributed by atoms with Gasteiger partial charge in [0.25, 0.3) is 0 Å². The van der Waals surface area contributed by atoms with Crippen LogP contribution in [0.15, 0.2) is 23.5 Å². The predicted molar refractivity (Wildman–Crippen MR) is 100 cm³/mol. The first-order valence-electron chi connectivity index (χ1n) is 10.4. The van der Waals surface area contributed by atoms with E-state index in [4.69, 9.17) is 9.47 Å². The SMILES string of the molecule is COC1=CC2=CC[C@@H]3[C@H](CC[C@]4(C)[C@H]3C[C@@]3(C)O[C@]34C(C)=O)[C@@]2(C)CC1. The molecule has 5 aliphatic rings. The van der Waals surface area contributed by atoms with Gasteiger partial charge in [-0.2, -0.15) is 0 Å². The lowest BCUT2D eigenvalue weighted by Gasteiger charge is -2.57. The average Bonchev–Trinajstić information content (AvgIpc) is 3.18. The number of hydrogen-bond acceptors (Lipinski definition) is 3. The minimum Gasteiger partial charge on any atom is -0.501 e. The fourth-order valence-corrected chi connectivity index (χ4v) is 8.08. The Hall–Kier alpha value is -1.09. The Labute approximate surface area is 157 Å². The van der Waals surface area contributed by atoms with Gasteiger partial charge in [-0.05, 0) is 80.8 Å². The van der Waals surface area contributed by atoms with Crippen LogP contribution in [0.1, 0.15) is 66.2 Å². The monoisotopic (exact) mass is 356 g/mol. The Bertz CT molecular complexity index is 751. The molecular formula is C23H32O3. The van der Waals surface area contributed by atoms with E-state index in [0.29, 0.717) is 11.8 Å². The summed E-state index contributed by atoms with van der Waals surface area (Å²) in [5.74, 6) is 3.40. The van der Waals surface area contributed by atoms with Crippen molar-refractivity contribution in [2.24, 2.45) is 28.6 Å². The van der Waals surface area contributed by atoms with Crippen LogP contribution in [0, 0.1) is 28.6 Å². The number of ketones is 1. The second-order valence-corrected chi connectivity index (χ2v) is 10.2. The van der Waals surface area contributed by atoms with Gasteiger partial charge in [-0.25, -0.2) is 0 Å². The minimum absolute atomic E-state index is 0.0125. The summed E-state index contributed by atoms with van der Waals surface area (Å²) in [5.41, 5.74) is 1.06. The highest BCUT2D eigenvalue weighted by Gasteiger charge is 2.85. The van der Waals surface area contributed by atoms with Gasteiger partial charge in [0.2, 0.25) is 0 Å². The van der Waals surface area contributed by atoms with E-state index in [9.17, 15) is 4.79 Å². The van der Waals surface area contributed by atoms with Crippen LogP contribution in [-0.2, 0) is 14.3 Å².